The molecule has 29 heteroatoms. The topological polar surface area (TPSA) is 279 Å². The van der Waals surface area contributed by atoms with Crippen LogP contribution in [0.2, 0.25) is 5.02 Å². The number of hydrogen-bond donors (Lipinski definition) is 3. The summed E-state index contributed by atoms with van der Waals surface area (Å²) in [4.78, 5) is 191. The molecule has 4 saturated heterocycles. The van der Waals surface area contributed by atoms with Gasteiger partial charge in [0.25, 0.3) is 0 Å². The zero-order valence-corrected chi connectivity index (χ0v) is 61.4. The summed E-state index contributed by atoms with van der Waals surface area (Å²) < 4.78 is 47.0. The normalized spacial score (nSPS) is 27.5. The minimum Gasteiger partial charge on any atom is -0.385 e. The molecule has 0 radical (unpaired) electrons. The molecule has 1 spiro atoms. The van der Waals surface area contributed by atoms with Crippen molar-refractivity contribution in [2.24, 2.45) is 17.8 Å². The smallest absolute Gasteiger partial charge is 0.385 e. The summed E-state index contributed by atoms with van der Waals surface area (Å²) in [6.45, 7) is 8.89. The van der Waals surface area contributed by atoms with Gasteiger partial charge in [-0.25, -0.2) is 0 Å². The summed E-state index contributed by atoms with van der Waals surface area (Å²) in [6.07, 6.45) is 3.16. The number of amides is 12. The maximum Gasteiger partial charge on any atom is 0.417 e. The van der Waals surface area contributed by atoms with Crippen LogP contribution in [0.3, 0.4) is 0 Å². The maximum absolute atomic E-state index is 15.4. The van der Waals surface area contributed by atoms with Crippen molar-refractivity contribution in [3.05, 3.63) is 34.3 Å². The third kappa shape index (κ3) is 19.1. The second-order valence-corrected chi connectivity index (χ2v) is 29.9. The largest absolute Gasteiger partial charge is 0.417 e. The van der Waals surface area contributed by atoms with Gasteiger partial charge in [0.1, 0.15) is 59.9 Å². The lowest BCUT2D eigenvalue weighted by atomic mass is 9.84. The van der Waals surface area contributed by atoms with Gasteiger partial charge in [0, 0.05) is 82.2 Å². The molecule has 12 amide bonds. The van der Waals surface area contributed by atoms with Gasteiger partial charge in [0.15, 0.2) is 0 Å². The molecule has 4 heterocycles. The number of alkyl halides is 3. The number of ether oxygens (including phenoxy) is 1. The quantitative estimate of drug-likeness (QED) is 0.248. The molecule has 558 valence electrons. The van der Waals surface area contributed by atoms with Crippen molar-refractivity contribution in [2.75, 3.05) is 88.7 Å². The lowest BCUT2D eigenvalue weighted by Gasteiger charge is -2.45. The molecule has 0 unspecified atom stereocenters. The highest BCUT2D eigenvalue weighted by molar-refractivity contribution is 6.31. The van der Waals surface area contributed by atoms with Crippen LogP contribution in [0.15, 0.2) is 18.2 Å². The molecule has 6 aliphatic rings. The molecule has 7 rings (SSSR count). The first-order valence-corrected chi connectivity index (χ1v) is 36.3. The van der Waals surface area contributed by atoms with Crippen molar-refractivity contribution in [1.29, 1.82) is 0 Å². The highest BCUT2D eigenvalue weighted by Gasteiger charge is 2.51. The van der Waals surface area contributed by atoms with E-state index in [1.807, 2.05) is 13.8 Å². The number of hydrogen-bond acceptors (Lipinski definition) is 13. The Bertz CT molecular complexity index is 3140. The van der Waals surface area contributed by atoms with E-state index in [2.05, 4.69) is 16.0 Å². The third-order valence-corrected chi connectivity index (χ3v) is 21.9. The minimum atomic E-state index is -4.76. The SMILES string of the molecule is COCC[C@@H]1NC(=O)[C@H](CC(C)C)N(C)C(=O)C[C@@H](C(=O)N2CCCCC2)N(C)C(=O)[C@H](C(C)C)N(C)C(=O)C2(CCCC2)NC(=O)[C@@H]2CCCN2C(=O)[C@H](CCc2ccc(C(F)(F)F)c(Cl)c2)NC(=O)CN(C)C(=O)[C@H](CC2CCCCC2)N(C)C(=O)[C@@H]2CCN2C(=O)[C@H](C)N(C)C1=O. The van der Waals surface area contributed by atoms with Gasteiger partial charge >= 0.3 is 6.18 Å². The third-order valence-electron chi connectivity index (χ3n) is 21.6. The van der Waals surface area contributed by atoms with E-state index in [0.717, 1.165) is 55.6 Å². The minimum absolute atomic E-state index is 0.00925. The Morgan fingerprint density at radius 2 is 1.27 bits per heavy atom. The van der Waals surface area contributed by atoms with Crippen molar-refractivity contribution in [3.63, 3.8) is 0 Å². The molecule has 1 aromatic rings. The van der Waals surface area contributed by atoms with Crippen LogP contribution in [0.4, 0.5) is 13.2 Å². The first-order chi connectivity index (χ1) is 47.1. The van der Waals surface area contributed by atoms with Crippen LogP contribution in [0.5, 0.6) is 0 Å². The van der Waals surface area contributed by atoms with Crippen molar-refractivity contribution in [1.82, 2.24) is 60.0 Å². The molecule has 1 aromatic carbocycles. The summed E-state index contributed by atoms with van der Waals surface area (Å²) in [6, 6.07) is -8.05. The number of piperidine rings is 1. The van der Waals surface area contributed by atoms with Crippen molar-refractivity contribution in [2.45, 2.75) is 236 Å². The highest BCUT2D eigenvalue weighted by Crippen LogP contribution is 2.37. The number of fused-ring (bicyclic) bond motifs is 2. The molecule has 0 bridgehead atoms. The summed E-state index contributed by atoms with van der Waals surface area (Å²) in [5.74, 6) is -8.64. The van der Waals surface area contributed by atoms with E-state index in [1.165, 1.54) is 96.7 Å². The average molecular weight is 1430 g/mol. The van der Waals surface area contributed by atoms with E-state index in [-0.39, 0.29) is 89.3 Å². The molecule has 2 saturated carbocycles. The second kappa shape index (κ2) is 35.2. The molecular formula is C71H108ClF3N12O13. The van der Waals surface area contributed by atoms with Gasteiger partial charge in [0.2, 0.25) is 70.9 Å². The molecule has 6 fully saturated rings. The van der Waals surface area contributed by atoms with Gasteiger partial charge < -0.3 is 64.8 Å². The predicted molar refractivity (Wildman–Crippen MR) is 366 cm³/mol. The molecule has 25 nitrogen and oxygen atoms in total. The maximum atomic E-state index is 15.4. The van der Waals surface area contributed by atoms with Crippen molar-refractivity contribution >= 4 is 82.5 Å². The fraction of sp³-hybridized carbons (Fsp3) is 0.746. The number of carbonyl (C=O) groups excluding carboxylic acids is 12. The summed E-state index contributed by atoms with van der Waals surface area (Å²) in [5.41, 5.74) is -2.36. The number of aryl methyl sites for hydroxylation is 1. The van der Waals surface area contributed by atoms with E-state index in [9.17, 15) is 51.5 Å². The van der Waals surface area contributed by atoms with Crippen LogP contribution in [0.25, 0.3) is 0 Å². The standard InChI is InChI=1S/C71H108ClF3N12O13/c1-43(2)38-54-60(90)77-51(30-37-100-12)63(93)80(7)45(5)62(92)87-36-29-53(87)66(96)82(9)55(40-46-22-15-13-16-23-46)65(95)79(6)42-57(88)76-50(28-26-47-25-27-48(49(72)39-47)71(73,74)75)64(94)86-35-21-24-52(86)61(91)78-70(31-17-18-32-70)69(99)84(11)59(44(3)4)68(98)83(10)56(41-58(89)81(54)8)67(97)85-33-19-14-20-34-85/h25,27,39,43-46,50-56,59H,13-24,26,28-38,40-42H2,1-12H3,(H,76,88)(H,77,90)(H,78,91)/t45-,50-,51-,52-,53-,54-,55-,56-,59-/m0/s1. The Labute approximate surface area is 591 Å². The monoisotopic (exact) mass is 1430 g/mol. The van der Waals surface area contributed by atoms with Crippen LogP contribution < -0.4 is 16.0 Å². The molecule has 0 aromatic heterocycles. The van der Waals surface area contributed by atoms with Crippen LogP contribution >= 0.6 is 11.6 Å². The predicted octanol–water partition coefficient (Wildman–Crippen LogP) is 5.02. The van der Waals surface area contributed by atoms with E-state index in [0.29, 0.717) is 50.8 Å². The number of rotatable bonds is 12. The number of benzene rings is 1. The molecule has 9 atom stereocenters. The zero-order chi connectivity index (χ0) is 73.8. The lowest BCUT2D eigenvalue weighted by molar-refractivity contribution is -0.160. The van der Waals surface area contributed by atoms with E-state index < -0.39 is 166 Å². The molecule has 4 aliphatic heterocycles. The van der Waals surface area contributed by atoms with Gasteiger partial charge in [-0.1, -0.05) is 90.3 Å². The van der Waals surface area contributed by atoms with Gasteiger partial charge in [0.05, 0.1) is 23.6 Å². The number of nitrogens with one attached hydrogen (secondary N) is 3. The first-order valence-electron chi connectivity index (χ1n) is 35.9. The summed E-state index contributed by atoms with van der Waals surface area (Å²) in [7, 11) is 9.93. The summed E-state index contributed by atoms with van der Waals surface area (Å²) in [5, 5.41) is 8.05. The molecule has 3 N–H and O–H groups in total. The van der Waals surface area contributed by atoms with Gasteiger partial charge in [-0.3, -0.25) is 57.5 Å². The van der Waals surface area contributed by atoms with E-state index >= 15 is 19.2 Å². The first kappa shape index (κ1) is 80.2. The fourth-order valence-electron chi connectivity index (χ4n) is 15.4. The van der Waals surface area contributed by atoms with Gasteiger partial charge in [-0.15, -0.1) is 0 Å². The Balaban J connectivity index is 1.28. The Hall–Kier alpha value is -7.10. The Kier molecular flexibility index (Phi) is 28.2. The second-order valence-electron chi connectivity index (χ2n) is 29.5. The number of likely N-dealkylation sites (tertiary alicyclic amines) is 1. The van der Waals surface area contributed by atoms with Crippen LogP contribution in [-0.4, -0.2) is 264 Å². The average Bonchev–Trinajstić information content (AvgIpc) is 1.28. The number of nitrogens with zero attached hydrogens (tertiary/aromatic N) is 9. The summed E-state index contributed by atoms with van der Waals surface area (Å²) >= 11 is 6.15. The molecule has 100 heavy (non-hydrogen) atoms. The van der Waals surface area contributed by atoms with Crippen LogP contribution in [-0.2, 0) is 74.9 Å². The van der Waals surface area contributed by atoms with Crippen LogP contribution in [0, 0.1) is 17.8 Å². The zero-order valence-electron chi connectivity index (χ0n) is 60.6. The van der Waals surface area contributed by atoms with Crippen molar-refractivity contribution < 1.29 is 75.4 Å². The Morgan fingerprint density at radius 3 is 1.86 bits per heavy atom. The highest BCUT2D eigenvalue weighted by atomic mass is 35.5. The fourth-order valence-corrected chi connectivity index (χ4v) is 15.7. The number of likely N-dealkylation sites (N-methyl/N-ethyl adjacent to an activating group) is 6. The van der Waals surface area contributed by atoms with Crippen LogP contribution in [0.1, 0.15) is 174 Å². The van der Waals surface area contributed by atoms with Gasteiger partial charge in [-0.05, 0) is 126 Å². The van der Waals surface area contributed by atoms with Crippen molar-refractivity contribution in [3.8, 4) is 0 Å². The lowest BCUT2D eigenvalue weighted by Crippen LogP contribution is -2.65. The van der Waals surface area contributed by atoms with E-state index in [1.54, 1.807) is 18.7 Å². The van der Waals surface area contributed by atoms with Gasteiger partial charge in [-0.2, -0.15) is 13.2 Å². The number of carbonyl (C=O) groups is 12. The number of methoxy groups -OCH3 is 1. The Morgan fingerprint density at radius 1 is 0.640 bits per heavy atom. The number of halogens is 4. The molecule has 2 aliphatic carbocycles. The van der Waals surface area contributed by atoms with E-state index in [4.69, 9.17) is 16.3 Å². The molecular weight excluding hydrogens is 1320 g/mol.